The zero-order chi connectivity index (χ0) is 18.5. The van der Waals surface area contributed by atoms with Crippen LogP contribution in [0.3, 0.4) is 0 Å². The van der Waals surface area contributed by atoms with Gasteiger partial charge in [0.25, 0.3) is 5.91 Å². The maximum absolute atomic E-state index is 12.3. The fourth-order valence-corrected chi connectivity index (χ4v) is 2.61. The molecule has 0 atom stereocenters. The first kappa shape index (κ1) is 18.2. The van der Waals surface area contributed by atoms with Crippen LogP contribution in [0.1, 0.15) is 21.5 Å². The van der Waals surface area contributed by atoms with Gasteiger partial charge in [0, 0.05) is 27.5 Å². The average Bonchev–Trinajstić information content (AvgIpc) is 2.63. The largest absolute Gasteiger partial charge is 0.322 e. The Morgan fingerprint density at radius 1 is 1.00 bits per heavy atom. The van der Waals surface area contributed by atoms with E-state index >= 15 is 0 Å². The molecule has 0 bridgehead atoms. The lowest BCUT2D eigenvalue weighted by Gasteiger charge is -2.06. The molecule has 0 spiro atoms. The summed E-state index contributed by atoms with van der Waals surface area (Å²) in [5.74, 6) is -0.193. The molecule has 0 aliphatic rings. The molecule has 0 fully saturated rings. The predicted octanol–water partition coefficient (Wildman–Crippen LogP) is 6.30. The fourth-order valence-electron chi connectivity index (χ4n) is 2.31. The number of hydrogen-bond donors (Lipinski definition) is 1. The molecule has 0 heterocycles. The molecule has 3 aromatic carbocycles. The Bertz CT molecular complexity index is 966. The van der Waals surface area contributed by atoms with Gasteiger partial charge in [-0.2, -0.15) is 0 Å². The zero-order valence-corrected chi connectivity index (χ0v) is 15.6. The van der Waals surface area contributed by atoms with Gasteiger partial charge in [0.05, 0.1) is 5.69 Å². The number of amides is 1. The smallest absolute Gasteiger partial charge is 0.255 e. The second-order valence-corrected chi connectivity index (χ2v) is 6.62. The second-order valence-electron chi connectivity index (χ2n) is 5.78. The lowest BCUT2D eigenvalue weighted by molar-refractivity contribution is 0.102. The molecule has 0 unspecified atom stereocenters. The van der Waals surface area contributed by atoms with Crippen LogP contribution in [0.4, 0.5) is 11.4 Å². The summed E-state index contributed by atoms with van der Waals surface area (Å²) in [6.45, 7) is 1.95. The van der Waals surface area contributed by atoms with Crippen molar-refractivity contribution in [2.75, 3.05) is 5.32 Å². The van der Waals surface area contributed by atoms with Crippen LogP contribution < -0.4 is 5.32 Å². The predicted molar refractivity (Wildman–Crippen MR) is 109 cm³/mol. The van der Waals surface area contributed by atoms with E-state index in [-0.39, 0.29) is 5.91 Å². The minimum Gasteiger partial charge on any atom is -0.322 e. The molecular weight excluding hydrogens is 367 g/mol. The van der Waals surface area contributed by atoms with Crippen molar-refractivity contribution in [1.82, 2.24) is 0 Å². The lowest BCUT2D eigenvalue weighted by atomic mass is 10.2. The highest BCUT2D eigenvalue weighted by Gasteiger charge is 2.06. The fraction of sp³-hybridized carbons (Fsp3) is 0.0476. The number of carbonyl (C=O) groups excluding carboxylic acids is 1. The molecule has 3 rings (SSSR count). The molecule has 3 aromatic rings. The summed E-state index contributed by atoms with van der Waals surface area (Å²) < 4.78 is 0. The summed E-state index contributed by atoms with van der Waals surface area (Å²) in [5.41, 5.74) is 3.89. The van der Waals surface area contributed by atoms with Crippen molar-refractivity contribution in [3.63, 3.8) is 0 Å². The van der Waals surface area contributed by atoms with Crippen molar-refractivity contribution in [2.24, 2.45) is 4.99 Å². The summed E-state index contributed by atoms with van der Waals surface area (Å²) in [6, 6.07) is 19.9. The highest BCUT2D eigenvalue weighted by atomic mass is 35.5. The summed E-state index contributed by atoms with van der Waals surface area (Å²) in [4.78, 5) is 16.7. The zero-order valence-electron chi connectivity index (χ0n) is 14.0. The van der Waals surface area contributed by atoms with Gasteiger partial charge in [-0.1, -0.05) is 41.4 Å². The number of aliphatic imine (C=N–C) groups is 1. The Morgan fingerprint density at radius 2 is 1.77 bits per heavy atom. The van der Waals surface area contributed by atoms with Crippen LogP contribution in [-0.4, -0.2) is 12.1 Å². The van der Waals surface area contributed by atoms with Crippen molar-refractivity contribution in [1.29, 1.82) is 0 Å². The highest BCUT2D eigenvalue weighted by Crippen LogP contribution is 2.22. The Kier molecular flexibility index (Phi) is 5.71. The quantitative estimate of drug-likeness (QED) is 0.528. The van der Waals surface area contributed by atoms with Crippen LogP contribution in [-0.2, 0) is 0 Å². The number of anilines is 1. The lowest BCUT2D eigenvalue weighted by Crippen LogP contribution is -2.11. The summed E-state index contributed by atoms with van der Waals surface area (Å²) >= 11 is 12.0. The van der Waals surface area contributed by atoms with Crippen molar-refractivity contribution < 1.29 is 4.79 Å². The minimum absolute atomic E-state index is 0.193. The summed E-state index contributed by atoms with van der Waals surface area (Å²) in [6.07, 6.45) is 1.74. The molecule has 0 saturated carbocycles. The molecule has 0 aliphatic heterocycles. The Balaban J connectivity index is 1.73. The van der Waals surface area contributed by atoms with E-state index in [0.717, 1.165) is 16.8 Å². The van der Waals surface area contributed by atoms with E-state index in [1.165, 1.54) is 0 Å². The summed E-state index contributed by atoms with van der Waals surface area (Å²) in [5, 5.41) is 4.15. The second kappa shape index (κ2) is 8.17. The molecule has 1 N–H and O–H groups in total. The minimum atomic E-state index is -0.193. The van der Waals surface area contributed by atoms with E-state index in [0.29, 0.717) is 21.3 Å². The van der Waals surface area contributed by atoms with Gasteiger partial charge in [-0.05, 0) is 66.6 Å². The van der Waals surface area contributed by atoms with Gasteiger partial charge in [0.1, 0.15) is 0 Å². The van der Waals surface area contributed by atoms with Gasteiger partial charge in [0.2, 0.25) is 0 Å². The van der Waals surface area contributed by atoms with Crippen LogP contribution in [0.25, 0.3) is 0 Å². The van der Waals surface area contributed by atoms with E-state index in [4.69, 9.17) is 23.2 Å². The first-order valence-electron chi connectivity index (χ1n) is 7.98. The molecular formula is C21H16Cl2N2O. The molecule has 130 valence electrons. The number of rotatable bonds is 4. The Morgan fingerprint density at radius 3 is 2.50 bits per heavy atom. The third kappa shape index (κ3) is 4.72. The average molecular weight is 383 g/mol. The number of hydrogen-bond acceptors (Lipinski definition) is 2. The molecule has 0 aromatic heterocycles. The summed E-state index contributed by atoms with van der Waals surface area (Å²) in [7, 11) is 0. The third-order valence-electron chi connectivity index (χ3n) is 3.77. The van der Waals surface area contributed by atoms with E-state index in [2.05, 4.69) is 10.3 Å². The van der Waals surface area contributed by atoms with Crippen molar-refractivity contribution >= 4 is 46.7 Å². The Hall–Kier alpha value is -2.62. The molecule has 3 nitrogen and oxygen atoms in total. The van der Waals surface area contributed by atoms with Crippen LogP contribution in [0.2, 0.25) is 10.0 Å². The van der Waals surface area contributed by atoms with Gasteiger partial charge in [-0.3, -0.25) is 9.79 Å². The monoisotopic (exact) mass is 382 g/mol. The van der Waals surface area contributed by atoms with Gasteiger partial charge < -0.3 is 5.32 Å². The van der Waals surface area contributed by atoms with E-state index in [1.54, 1.807) is 30.5 Å². The first-order valence-corrected chi connectivity index (χ1v) is 8.74. The van der Waals surface area contributed by atoms with E-state index < -0.39 is 0 Å². The van der Waals surface area contributed by atoms with Gasteiger partial charge in [0.15, 0.2) is 0 Å². The number of halogens is 2. The van der Waals surface area contributed by atoms with Gasteiger partial charge >= 0.3 is 0 Å². The van der Waals surface area contributed by atoms with Crippen LogP contribution in [0.5, 0.6) is 0 Å². The number of benzene rings is 3. The number of nitrogens with zero attached hydrogens (tertiary/aromatic N) is 1. The van der Waals surface area contributed by atoms with Crippen molar-refractivity contribution in [3.05, 3.63) is 93.5 Å². The molecule has 1 amide bonds. The standard InChI is InChI=1S/C21H16Cl2N2O/c1-14-5-10-18(12-20(14)23)24-13-15-3-2-4-19(11-15)25-21(26)16-6-8-17(22)9-7-16/h2-13H,1H3,(H,25,26). The third-order valence-corrected chi connectivity index (χ3v) is 4.43. The number of nitrogens with one attached hydrogen (secondary N) is 1. The van der Waals surface area contributed by atoms with Crippen molar-refractivity contribution in [3.8, 4) is 0 Å². The number of aryl methyl sites for hydroxylation is 1. The maximum Gasteiger partial charge on any atom is 0.255 e. The van der Waals surface area contributed by atoms with E-state index in [9.17, 15) is 4.79 Å². The number of carbonyl (C=O) groups is 1. The van der Waals surface area contributed by atoms with Crippen LogP contribution in [0, 0.1) is 6.92 Å². The first-order chi connectivity index (χ1) is 12.5. The molecule has 0 saturated heterocycles. The van der Waals surface area contributed by atoms with Crippen molar-refractivity contribution in [2.45, 2.75) is 6.92 Å². The topological polar surface area (TPSA) is 41.5 Å². The maximum atomic E-state index is 12.3. The van der Waals surface area contributed by atoms with Crippen LogP contribution >= 0.6 is 23.2 Å². The van der Waals surface area contributed by atoms with Crippen LogP contribution in [0.15, 0.2) is 71.7 Å². The normalized spacial score (nSPS) is 10.9. The SMILES string of the molecule is Cc1ccc(N=Cc2cccc(NC(=O)c3ccc(Cl)cc3)c2)cc1Cl. The highest BCUT2D eigenvalue weighted by molar-refractivity contribution is 6.31. The molecule has 26 heavy (non-hydrogen) atoms. The van der Waals surface area contributed by atoms with E-state index in [1.807, 2.05) is 49.4 Å². The molecule has 0 radical (unpaired) electrons. The molecule has 5 heteroatoms. The molecule has 0 aliphatic carbocycles. The Labute approximate surface area is 162 Å². The van der Waals surface area contributed by atoms with Gasteiger partial charge in [-0.15, -0.1) is 0 Å². The van der Waals surface area contributed by atoms with Gasteiger partial charge in [-0.25, -0.2) is 0 Å².